The number of fused-ring (bicyclic) bond motifs is 1. The largest absolute Gasteiger partial charge is 0.416 e. The predicted molar refractivity (Wildman–Crippen MR) is 110 cm³/mol. The van der Waals surface area contributed by atoms with E-state index in [9.17, 15) is 31.1 Å². The van der Waals surface area contributed by atoms with E-state index in [4.69, 9.17) is 0 Å². The lowest BCUT2D eigenvalue weighted by Crippen LogP contribution is -2.46. The van der Waals surface area contributed by atoms with Gasteiger partial charge in [0.1, 0.15) is 0 Å². The summed E-state index contributed by atoms with van der Waals surface area (Å²) in [5, 5.41) is 0. The molecule has 4 rings (SSSR count). The third kappa shape index (κ3) is 5.05. The van der Waals surface area contributed by atoms with Crippen LogP contribution in [0, 0.1) is 0 Å². The first-order valence-corrected chi connectivity index (χ1v) is 10.2. The van der Waals surface area contributed by atoms with Crippen molar-refractivity contribution in [2.24, 2.45) is 0 Å². The molecule has 33 heavy (non-hydrogen) atoms. The number of benzene rings is 3. The van der Waals surface area contributed by atoms with Crippen molar-refractivity contribution in [3.05, 3.63) is 106 Å². The van der Waals surface area contributed by atoms with Gasteiger partial charge in [0.15, 0.2) is 0 Å². The first kappa shape index (κ1) is 22.9. The number of nitrogens with zero attached hydrogens (tertiary/aromatic N) is 1. The third-order valence-corrected chi connectivity index (χ3v) is 5.72. The Labute approximate surface area is 186 Å². The number of carbonyl (C=O) groups excluding carboxylic acids is 1. The van der Waals surface area contributed by atoms with Crippen molar-refractivity contribution in [1.29, 1.82) is 0 Å². The average Bonchev–Trinajstić information content (AvgIpc) is 2.76. The van der Waals surface area contributed by atoms with Crippen LogP contribution in [0.2, 0.25) is 0 Å². The second kappa shape index (κ2) is 8.57. The van der Waals surface area contributed by atoms with Gasteiger partial charge < -0.3 is 4.90 Å². The van der Waals surface area contributed by atoms with E-state index in [1.54, 1.807) is 18.2 Å². The van der Waals surface area contributed by atoms with Gasteiger partial charge in [0.2, 0.25) is 0 Å². The van der Waals surface area contributed by atoms with Gasteiger partial charge in [0.05, 0.1) is 11.1 Å². The number of carbonyl (C=O) groups is 1. The summed E-state index contributed by atoms with van der Waals surface area (Å²) in [7, 11) is 0. The Morgan fingerprint density at radius 3 is 1.94 bits per heavy atom. The molecular weight excluding hydrogens is 444 g/mol. The van der Waals surface area contributed by atoms with Crippen LogP contribution in [0.1, 0.15) is 38.2 Å². The fourth-order valence-electron chi connectivity index (χ4n) is 4.17. The molecule has 2 nitrogen and oxygen atoms in total. The van der Waals surface area contributed by atoms with Gasteiger partial charge in [0.25, 0.3) is 5.91 Å². The van der Waals surface area contributed by atoms with Crippen LogP contribution in [-0.4, -0.2) is 16.8 Å². The summed E-state index contributed by atoms with van der Waals surface area (Å²) in [6.45, 7) is -0.363. The molecule has 1 aliphatic rings. The van der Waals surface area contributed by atoms with E-state index in [-0.39, 0.29) is 18.2 Å². The van der Waals surface area contributed by atoms with Crippen LogP contribution in [0.4, 0.5) is 26.3 Å². The SMILES string of the molecule is O=C1c2ccccc2C[C@H](Cc2ccccc2)N1Cc1cc(C(F)(F)F)cc(C(F)(F)F)c1. The maximum Gasteiger partial charge on any atom is 0.416 e. The van der Waals surface area contributed by atoms with Gasteiger partial charge in [-0.05, 0) is 53.8 Å². The van der Waals surface area contributed by atoms with E-state index in [0.717, 1.165) is 11.1 Å². The highest BCUT2D eigenvalue weighted by molar-refractivity contribution is 5.97. The van der Waals surface area contributed by atoms with Crippen molar-refractivity contribution in [3.8, 4) is 0 Å². The molecule has 0 radical (unpaired) electrons. The molecule has 3 aromatic rings. The number of rotatable bonds is 4. The van der Waals surface area contributed by atoms with Gasteiger partial charge in [-0.15, -0.1) is 0 Å². The summed E-state index contributed by atoms with van der Waals surface area (Å²) in [5.41, 5.74) is -0.874. The lowest BCUT2D eigenvalue weighted by atomic mass is 9.89. The topological polar surface area (TPSA) is 20.3 Å². The molecule has 172 valence electrons. The Balaban J connectivity index is 1.74. The van der Waals surface area contributed by atoms with E-state index in [2.05, 4.69) is 0 Å². The van der Waals surface area contributed by atoms with Crippen molar-refractivity contribution in [3.63, 3.8) is 0 Å². The van der Waals surface area contributed by atoms with Gasteiger partial charge in [-0.3, -0.25) is 4.79 Å². The monoisotopic (exact) mass is 463 g/mol. The molecule has 1 aliphatic heterocycles. The minimum Gasteiger partial charge on any atom is -0.331 e. The summed E-state index contributed by atoms with van der Waals surface area (Å²) in [4.78, 5) is 14.6. The standard InChI is InChI=1S/C25H19F6NO/c26-24(27,28)19-10-17(11-20(14-19)25(29,30)31)15-32-21(12-16-6-2-1-3-7-16)13-18-8-4-5-9-22(18)23(32)33/h1-11,14,21H,12-13,15H2/t21-/m0/s1. The second-order valence-corrected chi connectivity index (χ2v) is 8.05. The van der Waals surface area contributed by atoms with E-state index < -0.39 is 35.4 Å². The highest BCUT2D eigenvalue weighted by Crippen LogP contribution is 2.37. The second-order valence-electron chi connectivity index (χ2n) is 8.05. The average molecular weight is 463 g/mol. The zero-order valence-electron chi connectivity index (χ0n) is 17.3. The fraction of sp³-hybridized carbons (Fsp3) is 0.240. The number of amides is 1. The van der Waals surface area contributed by atoms with Crippen molar-refractivity contribution in [1.82, 2.24) is 4.90 Å². The molecule has 0 saturated carbocycles. The van der Waals surface area contributed by atoms with Crippen molar-refractivity contribution >= 4 is 5.91 Å². The smallest absolute Gasteiger partial charge is 0.331 e. The van der Waals surface area contributed by atoms with Gasteiger partial charge >= 0.3 is 12.4 Å². The molecule has 0 aromatic heterocycles. The van der Waals surface area contributed by atoms with Crippen LogP contribution in [0.25, 0.3) is 0 Å². The number of hydrogen-bond acceptors (Lipinski definition) is 1. The molecule has 0 spiro atoms. The van der Waals surface area contributed by atoms with Gasteiger partial charge in [-0.1, -0.05) is 48.5 Å². The van der Waals surface area contributed by atoms with Crippen LogP contribution in [0.5, 0.6) is 0 Å². The first-order valence-electron chi connectivity index (χ1n) is 10.2. The summed E-state index contributed by atoms with van der Waals surface area (Å²) in [5.74, 6) is -0.413. The molecule has 8 heteroatoms. The maximum absolute atomic E-state index is 13.3. The number of halogens is 6. The molecular formula is C25H19F6NO. The molecule has 1 atom stereocenters. The van der Waals surface area contributed by atoms with Crippen LogP contribution in [0.15, 0.2) is 72.8 Å². The summed E-state index contributed by atoms with van der Waals surface area (Å²) in [6.07, 6.45) is -9.02. The lowest BCUT2D eigenvalue weighted by Gasteiger charge is -2.37. The van der Waals surface area contributed by atoms with E-state index in [0.29, 0.717) is 30.5 Å². The van der Waals surface area contributed by atoms with Crippen LogP contribution in [-0.2, 0) is 31.7 Å². The van der Waals surface area contributed by atoms with Crippen LogP contribution in [0.3, 0.4) is 0 Å². The van der Waals surface area contributed by atoms with Crippen LogP contribution < -0.4 is 0 Å². The van der Waals surface area contributed by atoms with Gasteiger partial charge in [-0.25, -0.2) is 0 Å². The van der Waals surface area contributed by atoms with E-state index in [1.807, 2.05) is 36.4 Å². The summed E-state index contributed by atoms with van der Waals surface area (Å²) < 4.78 is 79.8. The number of alkyl halides is 6. The Morgan fingerprint density at radius 2 is 1.33 bits per heavy atom. The molecule has 1 heterocycles. The zero-order valence-corrected chi connectivity index (χ0v) is 17.3. The molecule has 0 saturated heterocycles. The zero-order chi connectivity index (χ0) is 23.8. The van der Waals surface area contributed by atoms with Crippen molar-refractivity contribution in [2.45, 2.75) is 37.8 Å². The molecule has 0 fully saturated rings. The van der Waals surface area contributed by atoms with Gasteiger partial charge in [-0.2, -0.15) is 26.3 Å². The van der Waals surface area contributed by atoms with E-state index >= 15 is 0 Å². The highest BCUT2D eigenvalue weighted by Gasteiger charge is 2.38. The normalized spacial score (nSPS) is 16.6. The molecule has 0 N–H and O–H groups in total. The van der Waals surface area contributed by atoms with Gasteiger partial charge in [0, 0.05) is 18.2 Å². The Morgan fingerprint density at radius 1 is 0.758 bits per heavy atom. The van der Waals surface area contributed by atoms with E-state index in [1.165, 1.54) is 4.90 Å². The minimum atomic E-state index is -4.95. The van der Waals surface area contributed by atoms with Crippen molar-refractivity contribution in [2.75, 3.05) is 0 Å². The van der Waals surface area contributed by atoms with Crippen LogP contribution >= 0.6 is 0 Å². The molecule has 0 unspecified atom stereocenters. The maximum atomic E-state index is 13.3. The predicted octanol–water partition coefficient (Wildman–Crippen LogP) is 6.53. The summed E-state index contributed by atoms with van der Waals surface area (Å²) >= 11 is 0. The Bertz CT molecular complexity index is 1120. The highest BCUT2D eigenvalue weighted by atomic mass is 19.4. The summed E-state index contributed by atoms with van der Waals surface area (Å²) in [6, 6.07) is 17.2. The molecule has 3 aromatic carbocycles. The quantitative estimate of drug-likeness (QED) is 0.403. The number of hydrogen-bond donors (Lipinski definition) is 0. The Kier molecular flexibility index (Phi) is 5.95. The lowest BCUT2D eigenvalue weighted by molar-refractivity contribution is -0.143. The fourth-order valence-corrected chi connectivity index (χ4v) is 4.17. The first-order chi connectivity index (χ1) is 15.5. The molecule has 0 bridgehead atoms. The minimum absolute atomic E-state index is 0.0955. The molecule has 1 amide bonds. The molecule has 0 aliphatic carbocycles. The third-order valence-electron chi connectivity index (χ3n) is 5.72. The van der Waals surface area contributed by atoms with Crippen molar-refractivity contribution < 1.29 is 31.1 Å². The Hall–Kier alpha value is -3.29.